The third-order valence-electron chi connectivity index (χ3n) is 3.30. The molecule has 0 radical (unpaired) electrons. The SMILES string of the molecule is CCc1ccccc1NC(=S)Nc1cnn(CC)c1C. The van der Waals surface area contributed by atoms with Crippen molar-refractivity contribution in [2.75, 3.05) is 10.6 Å². The number of para-hydroxylation sites is 1. The van der Waals surface area contributed by atoms with Gasteiger partial charge in [-0.25, -0.2) is 0 Å². The first kappa shape index (κ1) is 14.5. The summed E-state index contributed by atoms with van der Waals surface area (Å²) in [5.41, 5.74) is 4.32. The van der Waals surface area contributed by atoms with Gasteiger partial charge >= 0.3 is 0 Å². The summed E-state index contributed by atoms with van der Waals surface area (Å²) in [5.74, 6) is 0. The van der Waals surface area contributed by atoms with Crippen molar-refractivity contribution in [2.24, 2.45) is 0 Å². The summed E-state index contributed by atoms with van der Waals surface area (Å²) in [4.78, 5) is 0. The van der Waals surface area contributed by atoms with Crippen LogP contribution in [0.2, 0.25) is 0 Å². The Morgan fingerprint density at radius 3 is 2.55 bits per heavy atom. The summed E-state index contributed by atoms with van der Waals surface area (Å²) in [6, 6.07) is 8.18. The number of nitrogens with one attached hydrogen (secondary N) is 2. The maximum atomic E-state index is 5.37. The summed E-state index contributed by atoms with van der Waals surface area (Å²) in [7, 11) is 0. The Morgan fingerprint density at radius 2 is 1.90 bits per heavy atom. The van der Waals surface area contributed by atoms with Crippen molar-refractivity contribution in [2.45, 2.75) is 33.7 Å². The summed E-state index contributed by atoms with van der Waals surface area (Å²) in [6.07, 6.45) is 2.77. The maximum Gasteiger partial charge on any atom is 0.175 e. The first-order valence-corrected chi connectivity index (χ1v) is 7.24. The molecule has 0 bridgehead atoms. The lowest BCUT2D eigenvalue weighted by Crippen LogP contribution is -2.20. The molecule has 0 spiro atoms. The van der Waals surface area contributed by atoms with Crippen LogP contribution in [0.4, 0.5) is 11.4 Å². The maximum absolute atomic E-state index is 5.37. The molecule has 0 atom stereocenters. The van der Waals surface area contributed by atoms with E-state index < -0.39 is 0 Å². The first-order valence-electron chi connectivity index (χ1n) is 6.84. The van der Waals surface area contributed by atoms with E-state index in [0.717, 1.165) is 30.0 Å². The van der Waals surface area contributed by atoms with Crippen molar-refractivity contribution in [1.29, 1.82) is 0 Å². The fraction of sp³-hybridized carbons (Fsp3) is 0.333. The van der Waals surface area contributed by atoms with Gasteiger partial charge in [0, 0.05) is 12.2 Å². The predicted octanol–water partition coefficient (Wildman–Crippen LogP) is 3.58. The zero-order chi connectivity index (χ0) is 14.5. The Morgan fingerprint density at radius 1 is 1.20 bits per heavy atom. The molecular formula is C15H20N4S. The van der Waals surface area contributed by atoms with E-state index in [1.165, 1.54) is 5.56 Å². The molecule has 1 aromatic carbocycles. The number of hydrogen-bond donors (Lipinski definition) is 2. The minimum absolute atomic E-state index is 0.588. The van der Waals surface area contributed by atoms with E-state index in [2.05, 4.69) is 35.6 Å². The van der Waals surface area contributed by atoms with Gasteiger partial charge in [-0.1, -0.05) is 25.1 Å². The Kier molecular flexibility index (Phi) is 4.74. The summed E-state index contributed by atoms with van der Waals surface area (Å²) < 4.78 is 1.94. The Hall–Kier alpha value is -1.88. The van der Waals surface area contributed by atoms with Crippen molar-refractivity contribution in [3.05, 3.63) is 41.7 Å². The second kappa shape index (κ2) is 6.52. The van der Waals surface area contributed by atoms with Gasteiger partial charge in [-0.3, -0.25) is 4.68 Å². The highest BCUT2D eigenvalue weighted by molar-refractivity contribution is 7.80. The number of hydrogen-bond acceptors (Lipinski definition) is 2. The van der Waals surface area contributed by atoms with Crippen LogP contribution in [0.1, 0.15) is 25.1 Å². The van der Waals surface area contributed by atoms with Crippen molar-refractivity contribution in [3.8, 4) is 0 Å². The molecule has 0 amide bonds. The molecular weight excluding hydrogens is 268 g/mol. The van der Waals surface area contributed by atoms with Gasteiger partial charge in [-0.15, -0.1) is 0 Å². The van der Waals surface area contributed by atoms with Crippen LogP contribution in [0.3, 0.4) is 0 Å². The highest BCUT2D eigenvalue weighted by Crippen LogP contribution is 2.17. The average Bonchev–Trinajstić information content (AvgIpc) is 2.80. The van der Waals surface area contributed by atoms with Gasteiger partial charge in [0.25, 0.3) is 0 Å². The monoisotopic (exact) mass is 288 g/mol. The number of rotatable bonds is 4. The molecule has 0 saturated heterocycles. The van der Waals surface area contributed by atoms with Crippen molar-refractivity contribution in [3.63, 3.8) is 0 Å². The lowest BCUT2D eigenvalue weighted by atomic mass is 10.1. The minimum Gasteiger partial charge on any atom is -0.332 e. The molecule has 20 heavy (non-hydrogen) atoms. The van der Waals surface area contributed by atoms with Crippen molar-refractivity contribution >= 4 is 28.7 Å². The molecule has 0 aliphatic heterocycles. The fourth-order valence-corrected chi connectivity index (χ4v) is 2.33. The lowest BCUT2D eigenvalue weighted by Gasteiger charge is -2.13. The lowest BCUT2D eigenvalue weighted by molar-refractivity contribution is 0.640. The molecule has 2 N–H and O–H groups in total. The third-order valence-corrected chi connectivity index (χ3v) is 3.50. The molecule has 1 aromatic heterocycles. The van der Waals surface area contributed by atoms with Crippen LogP contribution in [0, 0.1) is 6.92 Å². The highest BCUT2D eigenvalue weighted by atomic mass is 32.1. The van der Waals surface area contributed by atoms with Crippen LogP contribution in [0.25, 0.3) is 0 Å². The molecule has 2 aromatic rings. The first-order chi connectivity index (χ1) is 9.65. The number of aryl methyl sites for hydroxylation is 2. The normalized spacial score (nSPS) is 10.3. The van der Waals surface area contributed by atoms with Crippen molar-refractivity contribution in [1.82, 2.24) is 9.78 Å². The van der Waals surface area contributed by atoms with Crippen LogP contribution < -0.4 is 10.6 Å². The highest BCUT2D eigenvalue weighted by Gasteiger charge is 2.07. The van der Waals surface area contributed by atoms with E-state index in [4.69, 9.17) is 12.2 Å². The van der Waals surface area contributed by atoms with Crippen LogP contribution in [0.15, 0.2) is 30.5 Å². The van der Waals surface area contributed by atoms with E-state index in [-0.39, 0.29) is 0 Å². The van der Waals surface area contributed by atoms with Crippen LogP contribution in [-0.2, 0) is 13.0 Å². The Labute approximate surface area is 125 Å². The number of benzene rings is 1. The van der Waals surface area contributed by atoms with Gasteiger partial charge in [-0.05, 0) is 44.1 Å². The average molecular weight is 288 g/mol. The predicted molar refractivity (Wildman–Crippen MR) is 88.3 cm³/mol. The topological polar surface area (TPSA) is 41.9 Å². The molecule has 0 aliphatic rings. The summed E-state index contributed by atoms with van der Waals surface area (Å²) in [6.45, 7) is 7.08. The van der Waals surface area contributed by atoms with E-state index in [9.17, 15) is 0 Å². The molecule has 0 unspecified atom stereocenters. The Balaban J connectivity index is 2.07. The zero-order valence-electron chi connectivity index (χ0n) is 12.1. The molecule has 1 heterocycles. The number of anilines is 2. The molecule has 0 saturated carbocycles. The minimum atomic E-state index is 0.588. The van der Waals surface area contributed by atoms with Crippen LogP contribution in [0.5, 0.6) is 0 Å². The number of thiocarbonyl (C=S) groups is 1. The van der Waals surface area contributed by atoms with E-state index in [1.54, 1.807) is 6.20 Å². The van der Waals surface area contributed by atoms with Gasteiger partial charge in [0.2, 0.25) is 0 Å². The summed E-state index contributed by atoms with van der Waals surface area (Å²) in [5, 5.41) is 11.3. The smallest absolute Gasteiger partial charge is 0.175 e. The number of aromatic nitrogens is 2. The largest absolute Gasteiger partial charge is 0.332 e. The molecule has 106 valence electrons. The van der Waals surface area contributed by atoms with Gasteiger partial charge in [0.05, 0.1) is 17.6 Å². The Bertz CT molecular complexity index is 604. The van der Waals surface area contributed by atoms with Gasteiger partial charge in [0.15, 0.2) is 5.11 Å². The standard InChI is InChI=1S/C15H20N4S/c1-4-12-8-6-7-9-13(12)17-15(20)18-14-10-16-19(5-2)11(14)3/h6-10H,4-5H2,1-3H3,(H2,17,18,20). The summed E-state index contributed by atoms with van der Waals surface area (Å²) >= 11 is 5.37. The molecule has 0 fully saturated rings. The van der Waals surface area contributed by atoms with Gasteiger partial charge in [-0.2, -0.15) is 5.10 Å². The van der Waals surface area contributed by atoms with Crippen molar-refractivity contribution < 1.29 is 0 Å². The van der Waals surface area contributed by atoms with E-state index >= 15 is 0 Å². The molecule has 0 aliphatic carbocycles. The quantitative estimate of drug-likeness (QED) is 0.844. The van der Waals surface area contributed by atoms with E-state index in [0.29, 0.717) is 5.11 Å². The van der Waals surface area contributed by atoms with E-state index in [1.807, 2.05) is 29.8 Å². The number of nitrogens with zero attached hydrogens (tertiary/aromatic N) is 2. The fourth-order valence-electron chi connectivity index (χ4n) is 2.11. The third kappa shape index (κ3) is 3.17. The second-order valence-corrected chi connectivity index (χ2v) is 4.96. The second-order valence-electron chi connectivity index (χ2n) is 4.55. The van der Waals surface area contributed by atoms with Gasteiger partial charge < -0.3 is 10.6 Å². The van der Waals surface area contributed by atoms with Gasteiger partial charge in [0.1, 0.15) is 0 Å². The van der Waals surface area contributed by atoms with Crippen LogP contribution in [-0.4, -0.2) is 14.9 Å². The molecule has 2 rings (SSSR count). The zero-order valence-corrected chi connectivity index (χ0v) is 12.9. The molecule has 5 heteroatoms. The van der Waals surface area contributed by atoms with Crippen LogP contribution >= 0.6 is 12.2 Å². The molecule has 4 nitrogen and oxygen atoms in total.